The predicted molar refractivity (Wildman–Crippen MR) is 42.7 cm³/mol. The van der Waals surface area contributed by atoms with Gasteiger partial charge in [0, 0.05) is 6.54 Å². The van der Waals surface area contributed by atoms with Crippen molar-refractivity contribution in [1.29, 1.82) is 0 Å². The van der Waals surface area contributed by atoms with Gasteiger partial charge >= 0.3 is 0 Å². The summed E-state index contributed by atoms with van der Waals surface area (Å²) in [4.78, 5) is 20.1. The van der Waals surface area contributed by atoms with Gasteiger partial charge in [-0.1, -0.05) is 0 Å². The minimum absolute atomic E-state index is 0.158. The van der Waals surface area contributed by atoms with Crippen LogP contribution in [-0.4, -0.2) is 53.4 Å². The van der Waals surface area contributed by atoms with E-state index in [1.807, 2.05) is 0 Å². The Balaban J connectivity index is 3.97. The number of amides is 1. The summed E-state index contributed by atoms with van der Waals surface area (Å²) in [5.74, 6) is -1.02. The third kappa shape index (κ3) is 3.97. The summed E-state index contributed by atoms with van der Waals surface area (Å²) < 4.78 is 0. The minimum atomic E-state index is -1.37. The predicted octanol–water partition coefficient (Wildman–Crippen LogP) is -2.74. The first-order valence-electron chi connectivity index (χ1n) is 3.76. The van der Waals surface area contributed by atoms with Gasteiger partial charge in [-0.3, -0.25) is 4.79 Å². The molecule has 0 aliphatic heterocycles. The van der Waals surface area contributed by atoms with Crippen molar-refractivity contribution in [2.24, 2.45) is 5.92 Å². The standard InChI is InChI=1S/C7H13NO5/c9-2-5(3-10)7(13)6(12)1-8-4-11/h2,4-7,10,12-13H,1,3H2,(H,8,11). The molecule has 0 aliphatic rings. The zero-order valence-corrected chi connectivity index (χ0v) is 6.96. The fourth-order valence-corrected chi connectivity index (χ4v) is 0.806. The summed E-state index contributed by atoms with van der Waals surface area (Å²) in [6.07, 6.45) is -1.90. The number of aliphatic hydroxyl groups is 3. The molecule has 0 saturated carbocycles. The van der Waals surface area contributed by atoms with E-state index in [0.717, 1.165) is 0 Å². The van der Waals surface area contributed by atoms with Gasteiger partial charge in [0.1, 0.15) is 6.29 Å². The number of aliphatic hydroxyl groups excluding tert-OH is 3. The highest BCUT2D eigenvalue weighted by atomic mass is 16.3. The number of hydrogen-bond donors (Lipinski definition) is 4. The Morgan fingerprint density at radius 3 is 2.31 bits per heavy atom. The quantitative estimate of drug-likeness (QED) is 0.327. The first-order chi connectivity index (χ1) is 6.17. The SMILES string of the molecule is O=CNCC(O)C(O)C(C=O)CO. The lowest BCUT2D eigenvalue weighted by Gasteiger charge is -2.20. The Bertz CT molecular complexity index is 163. The van der Waals surface area contributed by atoms with Crippen LogP contribution >= 0.6 is 0 Å². The molecule has 0 aromatic heterocycles. The molecule has 0 bridgehead atoms. The summed E-state index contributed by atoms with van der Waals surface area (Å²) in [5.41, 5.74) is 0. The van der Waals surface area contributed by atoms with Crippen molar-refractivity contribution in [2.75, 3.05) is 13.2 Å². The molecule has 76 valence electrons. The van der Waals surface area contributed by atoms with Gasteiger partial charge in [-0.2, -0.15) is 0 Å². The highest BCUT2D eigenvalue weighted by Crippen LogP contribution is 2.04. The Hall–Kier alpha value is -0.980. The maximum absolute atomic E-state index is 10.2. The topological polar surface area (TPSA) is 107 Å². The van der Waals surface area contributed by atoms with Gasteiger partial charge in [0.15, 0.2) is 0 Å². The van der Waals surface area contributed by atoms with Crippen LogP contribution in [0.25, 0.3) is 0 Å². The minimum Gasteiger partial charge on any atom is -0.396 e. The second kappa shape index (κ2) is 6.53. The van der Waals surface area contributed by atoms with Crippen LogP contribution in [0.3, 0.4) is 0 Å². The smallest absolute Gasteiger partial charge is 0.207 e. The van der Waals surface area contributed by atoms with Crippen LogP contribution in [0.2, 0.25) is 0 Å². The second-order valence-corrected chi connectivity index (χ2v) is 2.57. The van der Waals surface area contributed by atoms with Crippen molar-refractivity contribution in [2.45, 2.75) is 12.2 Å². The van der Waals surface area contributed by atoms with Crippen LogP contribution in [0, 0.1) is 5.92 Å². The van der Waals surface area contributed by atoms with E-state index in [-0.39, 0.29) is 6.54 Å². The van der Waals surface area contributed by atoms with Crippen molar-refractivity contribution in [3.63, 3.8) is 0 Å². The van der Waals surface area contributed by atoms with Gasteiger partial charge in [-0.05, 0) is 0 Å². The van der Waals surface area contributed by atoms with Crippen molar-refractivity contribution in [3.05, 3.63) is 0 Å². The molecule has 0 heterocycles. The normalized spacial score (nSPS) is 17.2. The van der Waals surface area contributed by atoms with Crippen LogP contribution in [-0.2, 0) is 9.59 Å². The molecule has 0 aromatic carbocycles. The van der Waals surface area contributed by atoms with Gasteiger partial charge < -0.3 is 25.4 Å². The molecule has 6 nitrogen and oxygen atoms in total. The van der Waals surface area contributed by atoms with E-state index in [4.69, 9.17) is 10.2 Å². The number of rotatable bonds is 7. The maximum Gasteiger partial charge on any atom is 0.207 e. The van der Waals surface area contributed by atoms with Crippen molar-refractivity contribution >= 4 is 12.7 Å². The fourth-order valence-electron chi connectivity index (χ4n) is 0.806. The molecule has 13 heavy (non-hydrogen) atoms. The summed E-state index contributed by atoms with van der Waals surface area (Å²) in [5, 5.41) is 29.1. The first kappa shape index (κ1) is 12.0. The Morgan fingerprint density at radius 2 is 1.92 bits per heavy atom. The molecule has 0 fully saturated rings. The Labute approximate surface area is 75.2 Å². The lowest BCUT2D eigenvalue weighted by molar-refractivity contribution is -0.120. The highest BCUT2D eigenvalue weighted by molar-refractivity contribution is 5.54. The maximum atomic E-state index is 10.2. The van der Waals surface area contributed by atoms with E-state index in [9.17, 15) is 14.7 Å². The van der Waals surface area contributed by atoms with Gasteiger partial charge in [0.2, 0.25) is 6.41 Å². The van der Waals surface area contributed by atoms with Gasteiger partial charge in [0.25, 0.3) is 0 Å². The zero-order valence-electron chi connectivity index (χ0n) is 6.96. The summed E-state index contributed by atoms with van der Waals surface area (Å²) >= 11 is 0. The first-order valence-corrected chi connectivity index (χ1v) is 3.76. The van der Waals surface area contributed by atoms with Crippen LogP contribution in [0.15, 0.2) is 0 Å². The van der Waals surface area contributed by atoms with E-state index < -0.39 is 24.7 Å². The molecule has 4 N–H and O–H groups in total. The average Bonchev–Trinajstić information content (AvgIpc) is 2.15. The molecule has 0 saturated heterocycles. The molecule has 3 unspecified atom stereocenters. The Morgan fingerprint density at radius 1 is 1.31 bits per heavy atom. The van der Waals surface area contributed by atoms with Crippen molar-refractivity contribution in [1.82, 2.24) is 5.32 Å². The lowest BCUT2D eigenvalue weighted by Crippen LogP contribution is -2.42. The molecule has 6 heteroatoms. The van der Waals surface area contributed by atoms with Crippen LogP contribution in [0.4, 0.5) is 0 Å². The summed E-state index contributed by atoms with van der Waals surface area (Å²) in [7, 11) is 0. The third-order valence-corrected chi connectivity index (χ3v) is 1.63. The van der Waals surface area contributed by atoms with E-state index in [0.29, 0.717) is 12.7 Å². The molecule has 0 rings (SSSR count). The number of carbonyl (C=O) groups excluding carboxylic acids is 2. The molecule has 1 amide bonds. The largest absolute Gasteiger partial charge is 0.396 e. The number of aldehydes is 1. The van der Waals surface area contributed by atoms with Crippen LogP contribution in [0.5, 0.6) is 0 Å². The van der Waals surface area contributed by atoms with Gasteiger partial charge in [0.05, 0.1) is 24.7 Å². The van der Waals surface area contributed by atoms with Crippen molar-refractivity contribution in [3.8, 4) is 0 Å². The van der Waals surface area contributed by atoms with E-state index in [1.165, 1.54) is 0 Å². The molecule has 0 aromatic rings. The average molecular weight is 191 g/mol. The lowest BCUT2D eigenvalue weighted by atomic mass is 10.0. The highest BCUT2D eigenvalue weighted by Gasteiger charge is 2.24. The van der Waals surface area contributed by atoms with E-state index >= 15 is 0 Å². The molecular formula is C7H13NO5. The molecule has 0 spiro atoms. The van der Waals surface area contributed by atoms with Crippen molar-refractivity contribution < 1.29 is 24.9 Å². The summed E-state index contributed by atoms with van der Waals surface area (Å²) in [6, 6.07) is 0. The van der Waals surface area contributed by atoms with Gasteiger partial charge in [-0.25, -0.2) is 0 Å². The summed E-state index contributed by atoms with van der Waals surface area (Å²) in [6.45, 7) is -0.697. The monoisotopic (exact) mass is 191 g/mol. The molecule has 3 atom stereocenters. The van der Waals surface area contributed by atoms with Crippen LogP contribution < -0.4 is 5.32 Å². The molecule has 0 radical (unpaired) electrons. The molecular weight excluding hydrogens is 178 g/mol. The zero-order chi connectivity index (χ0) is 10.3. The van der Waals surface area contributed by atoms with E-state index in [2.05, 4.69) is 5.32 Å². The fraction of sp³-hybridized carbons (Fsp3) is 0.714. The third-order valence-electron chi connectivity index (χ3n) is 1.63. The number of hydrogen-bond acceptors (Lipinski definition) is 5. The second-order valence-electron chi connectivity index (χ2n) is 2.57. The van der Waals surface area contributed by atoms with Gasteiger partial charge in [-0.15, -0.1) is 0 Å². The van der Waals surface area contributed by atoms with E-state index in [1.54, 1.807) is 0 Å². The Kier molecular flexibility index (Phi) is 6.03. The van der Waals surface area contributed by atoms with Crippen LogP contribution in [0.1, 0.15) is 0 Å². The number of carbonyl (C=O) groups is 2. The molecule has 0 aliphatic carbocycles. The number of nitrogens with one attached hydrogen (secondary N) is 1.